The quantitative estimate of drug-likeness (QED) is 0.563. The number of nitrogens with two attached hydrogens (primary N) is 1. The number of hydrogen-bond acceptors (Lipinski definition) is 2. The second-order valence-electron chi connectivity index (χ2n) is 4.06. The standard InChI is InChI=1S/C13H7BrCl2F2N2O/c14-6-3-9(18)11(4-8(6)17)20-13(21)5-1-7(15)12(16)10(19)2-5/h1-4H,19H2,(H,20,21). The normalized spacial score (nSPS) is 10.5. The summed E-state index contributed by atoms with van der Waals surface area (Å²) < 4.78 is 27.0. The number of nitrogens with one attached hydrogen (secondary N) is 1. The van der Waals surface area contributed by atoms with E-state index in [1.165, 1.54) is 12.1 Å². The number of benzene rings is 2. The molecule has 0 radical (unpaired) electrons. The first kappa shape index (κ1) is 16.0. The highest BCUT2D eigenvalue weighted by Crippen LogP contribution is 2.30. The lowest BCUT2D eigenvalue weighted by atomic mass is 10.2. The van der Waals surface area contributed by atoms with Gasteiger partial charge in [-0.05, 0) is 34.1 Å². The summed E-state index contributed by atoms with van der Waals surface area (Å²) in [5, 5.41) is 2.44. The molecule has 0 saturated heterocycles. The van der Waals surface area contributed by atoms with E-state index >= 15 is 0 Å². The second-order valence-corrected chi connectivity index (χ2v) is 5.70. The summed E-state index contributed by atoms with van der Waals surface area (Å²) in [4.78, 5) is 12.0. The molecular formula is C13H7BrCl2F2N2O. The first-order valence-corrected chi connectivity index (χ1v) is 7.05. The van der Waals surface area contributed by atoms with E-state index in [1.807, 2.05) is 0 Å². The molecular weight excluding hydrogens is 389 g/mol. The van der Waals surface area contributed by atoms with Crippen LogP contribution in [0, 0.1) is 11.6 Å². The predicted molar refractivity (Wildman–Crippen MR) is 82.9 cm³/mol. The van der Waals surface area contributed by atoms with Gasteiger partial charge in [0.05, 0.1) is 25.9 Å². The third-order valence-electron chi connectivity index (χ3n) is 2.58. The highest BCUT2D eigenvalue weighted by atomic mass is 79.9. The third-order valence-corrected chi connectivity index (χ3v) is 4.00. The minimum absolute atomic E-state index is 0.0446. The zero-order valence-corrected chi connectivity index (χ0v) is 13.3. The maximum absolute atomic E-state index is 13.6. The fourth-order valence-corrected chi connectivity index (χ4v) is 2.21. The number of halogens is 5. The van der Waals surface area contributed by atoms with E-state index in [9.17, 15) is 13.6 Å². The van der Waals surface area contributed by atoms with Gasteiger partial charge in [0.25, 0.3) is 5.91 Å². The summed E-state index contributed by atoms with van der Waals surface area (Å²) in [6.45, 7) is 0. The van der Waals surface area contributed by atoms with Gasteiger partial charge in [0.1, 0.15) is 11.6 Å². The smallest absolute Gasteiger partial charge is 0.255 e. The second kappa shape index (κ2) is 6.17. The number of nitrogen functional groups attached to an aromatic ring is 1. The van der Waals surface area contributed by atoms with Gasteiger partial charge < -0.3 is 11.1 Å². The molecule has 0 aliphatic heterocycles. The average molecular weight is 396 g/mol. The number of anilines is 2. The molecule has 2 rings (SSSR count). The zero-order chi connectivity index (χ0) is 15.7. The Morgan fingerprint density at radius 3 is 2.43 bits per heavy atom. The van der Waals surface area contributed by atoms with E-state index in [-0.39, 0.29) is 31.5 Å². The zero-order valence-electron chi connectivity index (χ0n) is 10.2. The molecule has 8 heteroatoms. The van der Waals surface area contributed by atoms with E-state index in [2.05, 4.69) is 21.2 Å². The van der Waals surface area contributed by atoms with Crippen molar-refractivity contribution in [2.45, 2.75) is 0 Å². The molecule has 0 fully saturated rings. The Balaban J connectivity index is 2.32. The lowest BCUT2D eigenvalue weighted by Crippen LogP contribution is -2.14. The van der Waals surface area contributed by atoms with E-state index in [0.29, 0.717) is 0 Å². The first-order valence-electron chi connectivity index (χ1n) is 5.50. The lowest BCUT2D eigenvalue weighted by molar-refractivity contribution is 0.102. The maximum atomic E-state index is 13.6. The van der Waals surface area contributed by atoms with Crippen molar-refractivity contribution in [2.75, 3.05) is 11.1 Å². The average Bonchev–Trinajstić information content (AvgIpc) is 2.41. The summed E-state index contributed by atoms with van der Waals surface area (Å²) in [5.41, 5.74) is 5.47. The molecule has 0 bridgehead atoms. The van der Waals surface area contributed by atoms with Crippen molar-refractivity contribution in [1.82, 2.24) is 0 Å². The summed E-state index contributed by atoms with van der Waals surface area (Å²) in [6.07, 6.45) is 0. The van der Waals surface area contributed by atoms with Crippen LogP contribution in [0.5, 0.6) is 0 Å². The minimum atomic E-state index is -0.787. The molecule has 0 spiro atoms. The minimum Gasteiger partial charge on any atom is -0.397 e. The van der Waals surface area contributed by atoms with Gasteiger partial charge >= 0.3 is 0 Å². The van der Waals surface area contributed by atoms with Crippen molar-refractivity contribution in [2.24, 2.45) is 0 Å². The molecule has 1 amide bonds. The Hall–Kier alpha value is -1.37. The topological polar surface area (TPSA) is 55.1 Å². The molecule has 2 aromatic carbocycles. The van der Waals surface area contributed by atoms with Crippen LogP contribution in [-0.2, 0) is 0 Å². The Morgan fingerprint density at radius 2 is 1.81 bits per heavy atom. The Morgan fingerprint density at radius 1 is 1.14 bits per heavy atom. The summed E-state index contributed by atoms with van der Waals surface area (Å²) in [5.74, 6) is -2.19. The van der Waals surface area contributed by atoms with Gasteiger partial charge in [0.15, 0.2) is 0 Å². The van der Waals surface area contributed by atoms with Crippen LogP contribution < -0.4 is 11.1 Å². The third kappa shape index (κ3) is 3.45. The molecule has 0 unspecified atom stereocenters. The molecule has 3 nitrogen and oxygen atoms in total. The maximum Gasteiger partial charge on any atom is 0.255 e. The van der Waals surface area contributed by atoms with Crippen LogP contribution >= 0.6 is 39.1 Å². The molecule has 21 heavy (non-hydrogen) atoms. The van der Waals surface area contributed by atoms with Gasteiger partial charge in [-0.1, -0.05) is 23.2 Å². The van der Waals surface area contributed by atoms with Crippen LogP contribution in [0.1, 0.15) is 10.4 Å². The van der Waals surface area contributed by atoms with E-state index < -0.39 is 17.5 Å². The summed E-state index contributed by atoms with van der Waals surface area (Å²) >= 11 is 14.4. The van der Waals surface area contributed by atoms with Crippen LogP contribution in [0.2, 0.25) is 10.0 Å². The summed E-state index contributed by atoms with van der Waals surface area (Å²) in [6, 6.07) is 4.34. The predicted octanol–water partition coefficient (Wildman–Crippen LogP) is 4.87. The van der Waals surface area contributed by atoms with Crippen molar-refractivity contribution in [3.63, 3.8) is 0 Å². The first-order chi connectivity index (χ1) is 9.79. The molecule has 110 valence electrons. The molecule has 0 aromatic heterocycles. The van der Waals surface area contributed by atoms with Crippen molar-refractivity contribution >= 4 is 56.4 Å². The van der Waals surface area contributed by atoms with E-state index in [4.69, 9.17) is 28.9 Å². The molecule has 0 saturated carbocycles. The Kier molecular flexibility index (Phi) is 4.70. The molecule has 0 heterocycles. The van der Waals surface area contributed by atoms with E-state index in [0.717, 1.165) is 12.1 Å². The van der Waals surface area contributed by atoms with E-state index in [1.54, 1.807) is 0 Å². The van der Waals surface area contributed by atoms with Crippen molar-refractivity contribution in [3.8, 4) is 0 Å². The van der Waals surface area contributed by atoms with Gasteiger partial charge in [-0.25, -0.2) is 8.78 Å². The molecule has 2 aromatic rings. The SMILES string of the molecule is Nc1cc(C(=O)Nc2cc(F)c(Br)cc2F)cc(Cl)c1Cl. The number of rotatable bonds is 2. The van der Waals surface area contributed by atoms with Crippen LogP contribution in [0.4, 0.5) is 20.2 Å². The molecule has 0 aliphatic carbocycles. The highest BCUT2D eigenvalue weighted by Gasteiger charge is 2.15. The van der Waals surface area contributed by atoms with Crippen molar-refractivity contribution < 1.29 is 13.6 Å². The molecule has 0 atom stereocenters. The van der Waals surface area contributed by atoms with Gasteiger partial charge in [-0.15, -0.1) is 0 Å². The van der Waals surface area contributed by atoms with Gasteiger partial charge in [-0.3, -0.25) is 4.79 Å². The van der Waals surface area contributed by atoms with Crippen LogP contribution in [-0.4, -0.2) is 5.91 Å². The van der Waals surface area contributed by atoms with Crippen LogP contribution in [0.3, 0.4) is 0 Å². The van der Waals surface area contributed by atoms with Gasteiger partial charge in [0.2, 0.25) is 0 Å². The fourth-order valence-electron chi connectivity index (χ4n) is 1.55. The molecule has 0 aliphatic rings. The monoisotopic (exact) mass is 394 g/mol. The summed E-state index contributed by atoms with van der Waals surface area (Å²) in [7, 11) is 0. The van der Waals surface area contributed by atoms with Gasteiger partial charge in [0, 0.05) is 11.6 Å². The van der Waals surface area contributed by atoms with Crippen LogP contribution in [0.25, 0.3) is 0 Å². The van der Waals surface area contributed by atoms with Crippen molar-refractivity contribution in [3.05, 3.63) is 56.0 Å². The van der Waals surface area contributed by atoms with Crippen LogP contribution in [0.15, 0.2) is 28.7 Å². The fraction of sp³-hybridized carbons (Fsp3) is 0. The number of carbonyl (C=O) groups is 1. The largest absolute Gasteiger partial charge is 0.397 e. The number of amides is 1. The van der Waals surface area contributed by atoms with Gasteiger partial charge in [-0.2, -0.15) is 0 Å². The Labute approximate surface area is 137 Å². The van der Waals surface area contributed by atoms with Crippen molar-refractivity contribution in [1.29, 1.82) is 0 Å². The Bertz CT molecular complexity index is 717. The number of hydrogen-bond donors (Lipinski definition) is 2. The number of carbonyl (C=O) groups excluding carboxylic acids is 1. The lowest BCUT2D eigenvalue weighted by Gasteiger charge is -2.09. The molecule has 3 N–H and O–H groups in total. The highest BCUT2D eigenvalue weighted by molar-refractivity contribution is 9.10.